The lowest BCUT2D eigenvalue weighted by Crippen LogP contribution is -2.21. The lowest BCUT2D eigenvalue weighted by atomic mass is 10.3. The van der Waals surface area contributed by atoms with Crippen LogP contribution in [0.4, 0.5) is 0 Å². The number of ether oxygens (including phenoxy) is 3. The van der Waals surface area contributed by atoms with Gasteiger partial charge < -0.3 is 14.2 Å². The van der Waals surface area contributed by atoms with E-state index in [1.165, 1.54) is 14.2 Å². The highest BCUT2D eigenvalue weighted by atomic mass is 16.7. The number of hydrogen-bond donors (Lipinski definition) is 0. The van der Waals surface area contributed by atoms with Crippen molar-refractivity contribution in [1.82, 2.24) is 0 Å². The van der Waals surface area contributed by atoms with Crippen LogP contribution in [0.3, 0.4) is 0 Å². The van der Waals surface area contributed by atoms with E-state index >= 15 is 0 Å². The van der Waals surface area contributed by atoms with E-state index in [4.69, 9.17) is 9.47 Å². The van der Waals surface area contributed by atoms with Gasteiger partial charge in [0.05, 0.1) is 13.5 Å². The molecule has 0 aliphatic carbocycles. The Morgan fingerprint density at radius 1 is 1.38 bits per heavy atom. The van der Waals surface area contributed by atoms with Crippen LogP contribution in [0.15, 0.2) is 0 Å². The third kappa shape index (κ3) is 6.54. The maximum atomic E-state index is 10.8. The Morgan fingerprint density at radius 3 is 2.54 bits per heavy atom. The van der Waals surface area contributed by atoms with Crippen molar-refractivity contribution in [3.63, 3.8) is 0 Å². The van der Waals surface area contributed by atoms with E-state index in [1.54, 1.807) is 0 Å². The highest BCUT2D eigenvalue weighted by Crippen LogP contribution is 2.02. The zero-order valence-corrected chi connectivity index (χ0v) is 8.54. The number of hydrogen-bond acceptors (Lipinski definition) is 4. The maximum Gasteiger partial charge on any atom is 0.310 e. The number of esters is 1. The molecular weight excluding hydrogens is 172 g/mol. The molecule has 0 aliphatic heterocycles. The Kier molecular flexibility index (Phi) is 7.63. The largest absolute Gasteiger partial charge is 0.469 e. The molecule has 0 radical (unpaired) electrons. The van der Waals surface area contributed by atoms with E-state index < -0.39 is 6.29 Å². The average molecular weight is 190 g/mol. The summed E-state index contributed by atoms with van der Waals surface area (Å²) in [6, 6.07) is 0. The molecule has 0 spiro atoms. The van der Waals surface area contributed by atoms with E-state index in [0.29, 0.717) is 6.61 Å². The maximum absolute atomic E-state index is 10.8. The van der Waals surface area contributed by atoms with Crippen molar-refractivity contribution in [3.8, 4) is 0 Å². The van der Waals surface area contributed by atoms with E-state index in [9.17, 15) is 4.79 Å². The summed E-state index contributed by atoms with van der Waals surface area (Å²) in [6.07, 6.45) is 1.71. The van der Waals surface area contributed by atoms with E-state index in [2.05, 4.69) is 11.7 Å². The van der Waals surface area contributed by atoms with Crippen LogP contribution in [0.1, 0.15) is 26.2 Å². The third-order valence-corrected chi connectivity index (χ3v) is 1.63. The first-order valence-electron chi connectivity index (χ1n) is 4.45. The Balaban J connectivity index is 3.56. The van der Waals surface area contributed by atoms with Crippen LogP contribution in [0.2, 0.25) is 0 Å². The minimum Gasteiger partial charge on any atom is -0.469 e. The second-order valence-corrected chi connectivity index (χ2v) is 2.67. The van der Waals surface area contributed by atoms with Gasteiger partial charge in [-0.15, -0.1) is 0 Å². The predicted molar refractivity (Wildman–Crippen MR) is 48.3 cm³/mol. The molecular formula is C9H18O4. The molecule has 0 heterocycles. The molecule has 1 atom stereocenters. The Labute approximate surface area is 79.2 Å². The van der Waals surface area contributed by atoms with Crippen LogP contribution in [0.5, 0.6) is 0 Å². The Morgan fingerprint density at radius 2 is 2.08 bits per heavy atom. The first-order valence-corrected chi connectivity index (χ1v) is 4.45. The van der Waals surface area contributed by atoms with Gasteiger partial charge >= 0.3 is 5.97 Å². The van der Waals surface area contributed by atoms with E-state index in [0.717, 1.165) is 12.8 Å². The van der Waals surface area contributed by atoms with Crippen molar-refractivity contribution in [1.29, 1.82) is 0 Å². The summed E-state index contributed by atoms with van der Waals surface area (Å²) in [6.45, 7) is 2.69. The molecule has 78 valence electrons. The normalized spacial score (nSPS) is 12.5. The molecule has 0 fully saturated rings. The summed E-state index contributed by atoms with van der Waals surface area (Å²) < 4.78 is 14.7. The summed E-state index contributed by atoms with van der Waals surface area (Å²) in [5.74, 6) is -0.316. The van der Waals surface area contributed by atoms with E-state index in [1.807, 2.05) is 0 Å². The van der Waals surface area contributed by atoms with Crippen molar-refractivity contribution in [2.45, 2.75) is 32.5 Å². The number of carbonyl (C=O) groups is 1. The van der Waals surface area contributed by atoms with Crippen molar-refractivity contribution in [2.24, 2.45) is 0 Å². The summed E-state index contributed by atoms with van der Waals surface area (Å²) in [5, 5.41) is 0. The molecule has 0 aliphatic rings. The molecule has 4 nitrogen and oxygen atoms in total. The van der Waals surface area contributed by atoms with Gasteiger partial charge in [-0.2, -0.15) is 0 Å². The zero-order chi connectivity index (χ0) is 10.1. The van der Waals surface area contributed by atoms with Gasteiger partial charge in [0, 0.05) is 13.7 Å². The monoisotopic (exact) mass is 190 g/mol. The molecule has 1 unspecified atom stereocenters. The lowest BCUT2D eigenvalue weighted by Gasteiger charge is -2.14. The topological polar surface area (TPSA) is 44.8 Å². The quantitative estimate of drug-likeness (QED) is 0.345. The highest BCUT2D eigenvalue weighted by molar-refractivity contribution is 5.69. The Bertz CT molecular complexity index is 136. The molecule has 13 heavy (non-hydrogen) atoms. The van der Waals surface area contributed by atoms with Gasteiger partial charge in [0.2, 0.25) is 0 Å². The lowest BCUT2D eigenvalue weighted by molar-refractivity contribution is -0.162. The molecule has 0 bridgehead atoms. The minimum absolute atomic E-state index is 0.150. The smallest absolute Gasteiger partial charge is 0.310 e. The van der Waals surface area contributed by atoms with Gasteiger partial charge in [-0.05, 0) is 6.42 Å². The molecule has 0 rings (SSSR count). The van der Waals surface area contributed by atoms with Crippen molar-refractivity contribution < 1.29 is 19.0 Å². The first kappa shape index (κ1) is 12.4. The zero-order valence-electron chi connectivity index (χ0n) is 8.54. The molecule has 0 aromatic rings. The van der Waals surface area contributed by atoms with Crippen molar-refractivity contribution in [2.75, 3.05) is 20.8 Å². The number of rotatable bonds is 7. The Hall–Kier alpha value is -0.610. The average Bonchev–Trinajstić information content (AvgIpc) is 2.16. The first-order chi connectivity index (χ1) is 6.24. The second kappa shape index (κ2) is 8.01. The van der Waals surface area contributed by atoms with Gasteiger partial charge in [0.1, 0.15) is 0 Å². The molecule has 0 saturated carbocycles. The standard InChI is InChI=1S/C9H18O4/c1-4-5-6-13-9(12-3)7-8(10)11-2/h9H,4-7H2,1-3H3. The molecule has 0 saturated heterocycles. The summed E-state index contributed by atoms with van der Waals surface area (Å²) in [5.41, 5.74) is 0. The van der Waals surface area contributed by atoms with Crippen LogP contribution in [-0.2, 0) is 19.0 Å². The molecule has 0 aromatic carbocycles. The SMILES string of the molecule is CCCCOC(CC(=O)OC)OC. The van der Waals surface area contributed by atoms with Gasteiger partial charge in [-0.3, -0.25) is 4.79 Å². The van der Waals surface area contributed by atoms with E-state index in [-0.39, 0.29) is 12.4 Å². The van der Waals surface area contributed by atoms with Gasteiger partial charge in [-0.25, -0.2) is 0 Å². The number of carbonyl (C=O) groups excluding carboxylic acids is 1. The van der Waals surface area contributed by atoms with Crippen LogP contribution in [-0.4, -0.2) is 33.1 Å². The van der Waals surface area contributed by atoms with Crippen LogP contribution < -0.4 is 0 Å². The molecule has 0 amide bonds. The third-order valence-electron chi connectivity index (χ3n) is 1.63. The van der Waals surface area contributed by atoms with Crippen LogP contribution >= 0.6 is 0 Å². The van der Waals surface area contributed by atoms with Crippen molar-refractivity contribution in [3.05, 3.63) is 0 Å². The van der Waals surface area contributed by atoms with Gasteiger partial charge in [-0.1, -0.05) is 13.3 Å². The molecule has 0 aromatic heterocycles. The second-order valence-electron chi connectivity index (χ2n) is 2.67. The van der Waals surface area contributed by atoms with Gasteiger partial charge in [0.25, 0.3) is 0 Å². The molecule has 0 N–H and O–H groups in total. The molecule has 4 heteroatoms. The highest BCUT2D eigenvalue weighted by Gasteiger charge is 2.12. The summed E-state index contributed by atoms with van der Waals surface area (Å²) >= 11 is 0. The fourth-order valence-corrected chi connectivity index (χ4v) is 0.789. The number of methoxy groups -OCH3 is 2. The fraction of sp³-hybridized carbons (Fsp3) is 0.889. The summed E-state index contributed by atoms with van der Waals surface area (Å²) in [7, 11) is 2.86. The van der Waals surface area contributed by atoms with Crippen molar-refractivity contribution >= 4 is 5.97 Å². The van der Waals surface area contributed by atoms with Crippen LogP contribution in [0, 0.1) is 0 Å². The van der Waals surface area contributed by atoms with Crippen LogP contribution in [0.25, 0.3) is 0 Å². The van der Waals surface area contributed by atoms with Gasteiger partial charge in [0.15, 0.2) is 6.29 Å². The fourth-order valence-electron chi connectivity index (χ4n) is 0.789. The number of unbranched alkanes of at least 4 members (excludes halogenated alkanes) is 1. The predicted octanol–water partition coefficient (Wildman–Crippen LogP) is 1.34. The summed E-state index contributed by atoms with van der Waals surface area (Å²) in [4.78, 5) is 10.8. The minimum atomic E-state index is -0.473.